The van der Waals surface area contributed by atoms with Crippen molar-refractivity contribution in [3.8, 4) is 34.1 Å². The zero-order chi connectivity index (χ0) is 37.9. The molecule has 0 unspecified atom stereocenters. The number of anilines is 1. The molecule has 0 aliphatic carbocycles. The molecule has 0 amide bonds. The van der Waals surface area contributed by atoms with Crippen LogP contribution in [0, 0.1) is 18.8 Å². The second-order valence-electron chi connectivity index (χ2n) is 14.3. The summed E-state index contributed by atoms with van der Waals surface area (Å²) in [6, 6.07) is 66.1. The van der Waals surface area contributed by atoms with Crippen molar-refractivity contribution in [3.05, 3.63) is 207 Å². The quantitative estimate of drug-likeness (QED) is 0.149. The summed E-state index contributed by atoms with van der Waals surface area (Å²) in [7, 11) is 2.03. The third-order valence-electron chi connectivity index (χ3n) is 10.7. The van der Waals surface area contributed by atoms with Crippen LogP contribution in [0.25, 0.3) is 71.9 Å². The Kier molecular flexibility index (Phi) is 8.92. The number of pyridine rings is 1. The molecule has 1 aliphatic rings. The monoisotopic (exact) mass is 927 g/mol. The molecule has 0 atom stereocenters. The van der Waals surface area contributed by atoms with Gasteiger partial charge < -0.3 is 23.7 Å². The van der Waals surface area contributed by atoms with Gasteiger partial charge in [-0.05, 0) is 59.6 Å². The zero-order valence-corrected chi connectivity index (χ0v) is 33.6. The van der Waals surface area contributed by atoms with Gasteiger partial charge in [-0.15, -0.1) is 41.4 Å². The number of rotatable bonds is 7. The van der Waals surface area contributed by atoms with E-state index in [4.69, 9.17) is 9.72 Å². The number of para-hydroxylation sites is 2. The van der Waals surface area contributed by atoms with E-state index in [1.54, 1.807) is 0 Å². The van der Waals surface area contributed by atoms with Gasteiger partial charge in [0.2, 0.25) is 0 Å². The molecule has 10 aromatic rings. The molecule has 0 radical (unpaired) electrons. The van der Waals surface area contributed by atoms with Crippen molar-refractivity contribution in [2.45, 2.75) is 0 Å². The molecule has 0 spiro atoms. The summed E-state index contributed by atoms with van der Waals surface area (Å²) in [5, 5.41) is 4.43. The van der Waals surface area contributed by atoms with Crippen molar-refractivity contribution in [1.29, 1.82) is 0 Å². The van der Waals surface area contributed by atoms with E-state index in [1.807, 2.05) is 43.6 Å². The Morgan fingerprint density at radius 3 is 2.05 bits per heavy atom. The van der Waals surface area contributed by atoms with Crippen LogP contribution in [-0.4, -0.2) is 26.1 Å². The van der Waals surface area contributed by atoms with Crippen LogP contribution in [0.2, 0.25) is 0 Å². The fourth-order valence-electron chi connectivity index (χ4n) is 8.16. The van der Waals surface area contributed by atoms with E-state index in [0.29, 0.717) is 11.5 Å². The fraction of sp³-hybridized carbons (Fsp3) is 0.0196. The van der Waals surface area contributed by atoms with Gasteiger partial charge in [0.1, 0.15) is 5.82 Å². The minimum absolute atomic E-state index is 0. The predicted octanol–water partition coefficient (Wildman–Crippen LogP) is 12.2. The van der Waals surface area contributed by atoms with Crippen LogP contribution in [0.3, 0.4) is 0 Å². The van der Waals surface area contributed by atoms with E-state index in [0.717, 1.165) is 77.6 Å². The Bertz CT molecular complexity index is 3150. The number of ether oxygens (including phenoxy) is 1. The van der Waals surface area contributed by atoms with Gasteiger partial charge in [0.25, 0.3) is 0 Å². The molecular weight excluding hydrogens is 894 g/mol. The van der Waals surface area contributed by atoms with Crippen LogP contribution in [0.5, 0.6) is 11.5 Å². The first-order valence-corrected chi connectivity index (χ1v) is 19.0. The summed E-state index contributed by atoms with van der Waals surface area (Å²) < 4.78 is 11.1. The van der Waals surface area contributed by atoms with Gasteiger partial charge in [-0.25, -0.2) is 4.98 Å². The second kappa shape index (κ2) is 14.6. The van der Waals surface area contributed by atoms with Crippen molar-refractivity contribution < 1.29 is 25.8 Å². The van der Waals surface area contributed by atoms with E-state index in [1.165, 1.54) is 5.56 Å². The normalized spacial score (nSPS) is 12.7. The summed E-state index contributed by atoms with van der Waals surface area (Å²) >= 11 is 0. The van der Waals surface area contributed by atoms with Gasteiger partial charge >= 0.3 is 0 Å². The molecule has 0 saturated carbocycles. The number of fused-ring (bicyclic) bond motifs is 6. The second-order valence-corrected chi connectivity index (χ2v) is 14.3. The maximum Gasteiger partial charge on any atom is 0.137 e. The van der Waals surface area contributed by atoms with E-state index in [2.05, 4.69) is 183 Å². The molecule has 0 saturated heterocycles. The van der Waals surface area contributed by atoms with Crippen LogP contribution in [0.1, 0.15) is 5.56 Å². The summed E-state index contributed by atoms with van der Waals surface area (Å²) in [4.78, 5) is 9.35. The van der Waals surface area contributed by atoms with Crippen LogP contribution >= 0.6 is 0 Å². The predicted molar refractivity (Wildman–Crippen MR) is 231 cm³/mol. The third kappa shape index (κ3) is 6.05. The first-order chi connectivity index (χ1) is 28.2. The standard InChI is InChI=1S/C51H34N5O.Pt/c1-53-33-50(36-16-7-3-8-17-36)54(34-53)39-20-13-21-40(29-39)57-41-25-26-43-44-28-37(35-14-5-2-6-15-35)24-27-47(44)56(48(43)30-41)51-31-49-45(32-52-51)42-22-11-12-23-46(42)55(49)38-18-9-4-10-19-38;/h2-28,31-34H,1H3;/q-3;. The van der Waals surface area contributed by atoms with Gasteiger partial charge in [-0.1, -0.05) is 115 Å². The molecular formula is C51H34N5OPt-3. The van der Waals surface area contributed by atoms with E-state index >= 15 is 0 Å². The minimum Gasteiger partial charge on any atom is -0.510 e. The van der Waals surface area contributed by atoms with Crippen molar-refractivity contribution in [3.63, 3.8) is 0 Å². The van der Waals surface area contributed by atoms with Crippen LogP contribution in [-0.2, 0) is 21.1 Å². The van der Waals surface area contributed by atoms with Gasteiger partial charge in [0, 0.05) is 72.5 Å². The molecule has 0 N–H and O–H groups in total. The minimum atomic E-state index is 0. The largest absolute Gasteiger partial charge is 0.510 e. The molecule has 6 nitrogen and oxygen atoms in total. The van der Waals surface area contributed by atoms with Gasteiger partial charge in [-0.2, -0.15) is 18.8 Å². The van der Waals surface area contributed by atoms with Crippen LogP contribution < -0.4 is 9.64 Å². The van der Waals surface area contributed by atoms with E-state index in [9.17, 15) is 0 Å². The molecule has 0 bridgehead atoms. The fourth-order valence-corrected chi connectivity index (χ4v) is 8.16. The third-order valence-corrected chi connectivity index (χ3v) is 10.7. The van der Waals surface area contributed by atoms with Crippen molar-refractivity contribution in [2.24, 2.45) is 0 Å². The molecule has 3 aromatic heterocycles. The summed E-state index contributed by atoms with van der Waals surface area (Å²) in [5.74, 6) is 1.98. The van der Waals surface area contributed by atoms with Crippen molar-refractivity contribution >= 4 is 55.0 Å². The molecule has 7 aromatic carbocycles. The Balaban J connectivity index is 0.00000408. The summed E-state index contributed by atoms with van der Waals surface area (Å²) in [6.45, 7) is 2.05. The van der Waals surface area contributed by atoms with Crippen LogP contribution in [0.15, 0.2) is 182 Å². The molecule has 7 heteroatoms. The summed E-state index contributed by atoms with van der Waals surface area (Å²) in [5.41, 5.74) is 10.6. The zero-order valence-electron chi connectivity index (χ0n) is 31.4. The van der Waals surface area contributed by atoms with E-state index < -0.39 is 0 Å². The average molecular weight is 928 g/mol. The number of hydrogen-bond acceptors (Lipinski definition) is 4. The van der Waals surface area contributed by atoms with Gasteiger partial charge in [-0.3, -0.25) is 0 Å². The van der Waals surface area contributed by atoms with Gasteiger partial charge in [0.05, 0.1) is 11.0 Å². The average Bonchev–Trinajstić information content (AvgIpc) is 3.93. The first-order valence-electron chi connectivity index (χ1n) is 19.0. The Morgan fingerprint density at radius 1 is 0.534 bits per heavy atom. The molecule has 4 heterocycles. The SMILES string of the molecule is CN1C=C(c2ccccc2)N(c2[c-]c(Oc3[c-]c4c(cc3)c3cc(-c5ccccc5)ccc3n4-c3cc4c(cn3)c3ccccc3n4-c3ccccc3)ccc2)[CH-]1.[Pt]. The molecule has 1 aliphatic heterocycles. The molecule has 282 valence electrons. The molecule has 0 fully saturated rings. The summed E-state index contributed by atoms with van der Waals surface area (Å²) in [6.07, 6.45) is 4.12. The maximum atomic E-state index is 6.60. The first kappa shape index (κ1) is 35.5. The number of benzene rings is 7. The smallest absolute Gasteiger partial charge is 0.137 e. The Labute approximate surface area is 350 Å². The van der Waals surface area contributed by atoms with Gasteiger partial charge in [0.15, 0.2) is 0 Å². The van der Waals surface area contributed by atoms with Crippen LogP contribution in [0.4, 0.5) is 5.69 Å². The Morgan fingerprint density at radius 2 is 1.24 bits per heavy atom. The van der Waals surface area contributed by atoms with Crippen molar-refractivity contribution in [1.82, 2.24) is 19.0 Å². The number of nitrogens with zero attached hydrogens (tertiary/aromatic N) is 5. The van der Waals surface area contributed by atoms with E-state index in [-0.39, 0.29) is 21.1 Å². The molecule has 58 heavy (non-hydrogen) atoms. The topological polar surface area (TPSA) is 38.5 Å². The number of hydrogen-bond donors (Lipinski definition) is 0. The van der Waals surface area contributed by atoms with Crippen molar-refractivity contribution in [2.75, 3.05) is 11.9 Å². The Hall–Kier alpha value is -6.88. The molecule has 11 rings (SSSR count). The maximum absolute atomic E-state index is 6.60. The number of aromatic nitrogens is 3.